The fourth-order valence-electron chi connectivity index (χ4n) is 2.70. The highest BCUT2D eigenvalue weighted by molar-refractivity contribution is 7.09. The van der Waals surface area contributed by atoms with Gasteiger partial charge in [-0.2, -0.15) is 4.37 Å². The van der Waals surface area contributed by atoms with Crippen LogP contribution in [-0.4, -0.2) is 36.2 Å². The van der Waals surface area contributed by atoms with Crippen molar-refractivity contribution in [1.29, 1.82) is 0 Å². The minimum Gasteiger partial charge on any atom is -0.384 e. The van der Waals surface area contributed by atoms with Crippen LogP contribution >= 0.6 is 23.1 Å². The van der Waals surface area contributed by atoms with Crippen LogP contribution in [0.2, 0.25) is 5.02 Å². The number of methoxy groups -OCH3 is 1. The van der Waals surface area contributed by atoms with Gasteiger partial charge in [-0.1, -0.05) is 11.6 Å². The van der Waals surface area contributed by atoms with Crippen molar-refractivity contribution in [1.82, 2.24) is 9.36 Å². The molecule has 0 amide bonds. The lowest BCUT2D eigenvalue weighted by molar-refractivity contribution is 0.201. The maximum Gasteiger partial charge on any atom is 0.207 e. The molecular formula is C16H21ClN4OS. The highest BCUT2D eigenvalue weighted by Crippen LogP contribution is 2.32. The van der Waals surface area contributed by atoms with Crippen LogP contribution in [0.5, 0.6) is 0 Å². The SMILES string of the molecule is COCCc1nsc(Nc2ccc(N3CCCCC3)c(Cl)c2)n1. The molecule has 2 heterocycles. The molecule has 3 rings (SSSR count). The Hall–Kier alpha value is -1.37. The molecule has 124 valence electrons. The Morgan fingerprint density at radius 2 is 2.13 bits per heavy atom. The van der Waals surface area contributed by atoms with Crippen LogP contribution in [0.4, 0.5) is 16.5 Å². The van der Waals surface area contributed by atoms with E-state index in [1.54, 1.807) is 7.11 Å². The van der Waals surface area contributed by atoms with Crippen LogP contribution in [0, 0.1) is 0 Å². The van der Waals surface area contributed by atoms with E-state index in [4.69, 9.17) is 16.3 Å². The number of piperidine rings is 1. The van der Waals surface area contributed by atoms with Crippen molar-refractivity contribution >= 4 is 39.6 Å². The zero-order valence-corrected chi connectivity index (χ0v) is 14.8. The van der Waals surface area contributed by atoms with E-state index in [1.165, 1.54) is 30.8 Å². The second-order valence-electron chi connectivity index (χ2n) is 5.60. The van der Waals surface area contributed by atoms with Gasteiger partial charge >= 0.3 is 0 Å². The van der Waals surface area contributed by atoms with Gasteiger partial charge in [0.15, 0.2) is 0 Å². The number of benzene rings is 1. The Morgan fingerprint density at radius 1 is 1.30 bits per heavy atom. The highest BCUT2D eigenvalue weighted by Gasteiger charge is 2.14. The van der Waals surface area contributed by atoms with Gasteiger partial charge < -0.3 is 15.0 Å². The predicted octanol–water partition coefficient (Wildman–Crippen LogP) is 4.11. The lowest BCUT2D eigenvalue weighted by Gasteiger charge is -2.29. The summed E-state index contributed by atoms with van der Waals surface area (Å²) in [5.74, 6) is 0.801. The Labute approximate surface area is 145 Å². The maximum absolute atomic E-state index is 6.47. The van der Waals surface area contributed by atoms with E-state index in [9.17, 15) is 0 Å². The van der Waals surface area contributed by atoms with E-state index in [0.717, 1.165) is 46.9 Å². The Morgan fingerprint density at radius 3 is 2.87 bits per heavy atom. The summed E-state index contributed by atoms with van der Waals surface area (Å²) in [6.45, 7) is 2.81. The maximum atomic E-state index is 6.47. The summed E-state index contributed by atoms with van der Waals surface area (Å²) in [5, 5.41) is 4.83. The van der Waals surface area contributed by atoms with Crippen LogP contribution < -0.4 is 10.2 Å². The molecular weight excluding hydrogens is 332 g/mol. The Kier molecular flexibility index (Phi) is 5.70. The first-order valence-corrected chi connectivity index (χ1v) is 9.04. The molecule has 5 nitrogen and oxygen atoms in total. The lowest BCUT2D eigenvalue weighted by Crippen LogP contribution is -2.29. The molecule has 0 radical (unpaired) electrons. The second kappa shape index (κ2) is 7.95. The van der Waals surface area contributed by atoms with E-state index in [2.05, 4.69) is 25.6 Å². The van der Waals surface area contributed by atoms with Gasteiger partial charge in [-0.25, -0.2) is 4.98 Å². The third-order valence-corrected chi connectivity index (χ3v) is 4.86. The number of nitrogens with zero attached hydrogens (tertiary/aromatic N) is 3. The summed E-state index contributed by atoms with van der Waals surface area (Å²) in [4.78, 5) is 6.81. The molecule has 1 aromatic heterocycles. The molecule has 0 bridgehead atoms. The minimum absolute atomic E-state index is 0.631. The molecule has 0 spiro atoms. The second-order valence-corrected chi connectivity index (χ2v) is 6.76. The number of nitrogens with one attached hydrogen (secondary N) is 1. The lowest BCUT2D eigenvalue weighted by atomic mass is 10.1. The summed E-state index contributed by atoms with van der Waals surface area (Å²) in [7, 11) is 1.68. The van der Waals surface area contributed by atoms with Gasteiger partial charge in [0.1, 0.15) is 5.82 Å². The number of aromatic nitrogens is 2. The molecule has 0 atom stereocenters. The van der Waals surface area contributed by atoms with Crippen LogP contribution in [0.25, 0.3) is 0 Å². The van der Waals surface area contributed by atoms with Crippen molar-refractivity contribution in [2.24, 2.45) is 0 Å². The van der Waals surface area contributed by atoms with Gasteiger partial charge in [-0.3, -0.25) is 0 Å². The largest absolute Gasteiger partial charge is 0.384 e. The summed E-state index contributed by atoms with van der Waals surface area (Å²) in [6, 6.07) is 6.09. The average molecular weight is 353 g/mol. The topological polar surface area (TPSA) is 50.3 Å². The zero-order chi connectivity index (χ0) is 16.1. The zero-order valence-electron chi connectivity index (χ0n) is 13.2. The van der Waals surface area contributed by atoms with Gasteiger partial charge in [-0.05, 0) is 37.5 Å². The fourth-order valence-corrected chi connectivity index (χ4v) is 3.63. The summed E-state index contributed by atoms with van der Waals surface area (Å²) in [5.41, 5.74) is 2.06. The van der Waals surface area contributed by atoms with Crippen LogP contribution in [0.3, 0.4) is 0 Å². The Balaban J connectivity index is 1.66. The van der Waals surface area contributed by atoms with Crippen LogP contribution in [0.15, 0.2) is 18.2 Å². The number of hydrogen-bond donors (Lipinski definition) is 1. The monoisotopic (exact) mass is 352 g/mol. The van der Waals surface area contributed by atoms with E-state index >= 15 is 0 Å². The molecule has 1 aromatic carbocycles. The predicted molar refractivity (Wildman–Crippen MR) is 96.3 cm³/mol. The van der Waals surface area contributed by atoms with Crippen LogP contribution in [-0.2, 0) is 11.2 Å². The molecule has 0 saturated carbocycles. The highest BCUT2D eigenvalue weighted by atomic mass is 35.5. The first kappa shape index (κ1) is 16.5. The number of rotatable bonds is 6. The fraction of sp³-hybridized carbons (Fsp3) is 0.500. The van der Waals surface area contributed by atoms with E-state index in [1.807, 2.05) is 12.1 Å². The summed E-state index contributed by atoms with van der Waals surface area (Å²) >= 11 is 7.82. The molecule has 1 aliphatic heterocycles. The van der Waals surface area contributed by atoms with Crippen molar-refractivity contribution in [3.63, 3.8) is 0 Å². The number of hydrogen-bond acceptors (Lipinski definition) is 6. The van der Waals surface area contributed by atoms with E-state index < -0.39 is 0 Å². The summed E-state index contributed by atoms with van der Waals surface area (Å²) < 4.78 is 9.35. The van der Waals surface area contributed by atoms with Crippen molar-refractivity contribution in [2.75, 3.05) is 37.0 Å². The van der Waals surface area contributed by atoms with Crippen molar-refractivity contribution in [2.45, 2.75) is 25.7 Å². The Bertz CT molecular complexity index is 643. The van der Waals surface area contributed by atoms with Gasteiger partial charge in [0.05, 0.1) is 17.3 Å². The number of ether oxygens (including phenoxy) is 1. The molecule has 0 unspecified atom stereocenters. The average Bonchev–Trinajstić information content (AvgIpc) is 3.01. The van der Waals surface area contributed by atoms with Gasteiger partial charge in [0.25, 0.3) is 0 Å². The first-order chi connectivity index (χ1) is 11.3. The summed E-state index contributed by atoms with van der Waals surface area (Å²) in [6.07, 6.45) is 4.52. The first-order valence-electron chi connectivity index (χ1n) is 7.89. The minimum atomic E-state index is 0.631. The van der Waals surface area contributed by atoms with Gasteiger partial charge in [-0.15, -0.1) is 0 Å². The van der Waals surface area contributed by atoms with E-state index in [0.29, 0.717) is 6.61 Å². The van der Waals surface area contributed by atoms with Crippen molar-refractivity contribution in [3.8, 4) is 0 Å². The van der Waals surface area contributed by atoms with Crippen molar-refractivity contribution in [3.05, 3.63) is 29.0 Å². The molecule has 23 heavy (non-hydrogen) atoms. The van der Waals surface area contributed by atoms with E-state index in [-0.39, 0.29) is 0 Å². The van der Waals surface area contributed by atoms with Gasteiger partial charge in [0.2, 0.25) is 5.13 Å². The quantitative estimate of drug-likeness (QED) is 0.847. The molecule has 7 heteroatoms. The normalized spacial score (nSPS) is 15.0. The number of halogens is 1. The molecule has 2 aromatic rings. The standard InChI is InChI=1S/C16H21ClN4OS/c1-22-10-7-15-19-16(23-20-15)18-12-5-6-14(13(17)11-12)21-8-3-2-4-9-21/h5-6,11H,2-4,7-10H2,1H3,(H,18,19,20). The molecule has 1 N–H and O–H groups in total. The molecule has 1 aliphatic rings. The third kappa shape index (κ3) is 4.34. The van der Waals surface area contributed by atoms with Crippen molar-refractivity contribution < 1.29 is 4.74 Å². The van der Waals surface area contributed by atoms with Crippen LogP contribution in [0.1, 0.15) is 25.1 Å². The third-order valence-electron chi connectivity index (χ3n) is 3.89. The number of anilines is 3. The molecule has 1 saturated heterocycles. The smallest absolute Gasteiger partial charge is 0.207 e. The van der Waals surface area contributed by atoms with Gasteiger partial charge in [0, 0.05) is 43.8 Å². The molecule has 1 fully saturated rings. The molecule has 0 aliphatic carbocycles.